The summed E-state index contributed by atoms with van der Waals surface area (Å²) in [5.41, 5.74) is 10.6. The number of aromatic carboxylic acids is 1. The Morgan fingerprint density at radius 1 is 0.633 bits per heavy atom. The summed E-state index contributed by atoms with van der Waals surface area (Å²) in [6.45, 7) is 0. The number of benzene rings is 4. The van der Waals surface area contributed by atoms with E-state index >= 15 is 0 Å². The molecule has 2 amide bonds. The minimum absolute atomic E-state index is 0.0579. The number of carbonyl (C=O) groups excluding carboxylic acids is 3. The minimum Gasteiger partial charge on any atom is -0.476 e. The van der Waals surface area contributed by atoms with Gasteiger partial charge in [-0.3, -0.25) is 19.5 Å². The summed E-state index contributed by atoms with van der Waals surface area (Å²) in [6, 6.07) is 29.9. The van der Waals surface area contributed by atoms with E-state index in [4.69, 9.17) is 22.4 Å². The molecule has 246 valence electrons. The fourth-order valence-electron chi connectivity index (χ4n) is 5.03. The van der Waals surface area contributed by atoms with E-state index < -0.39 is 17.1 Å². The number of aromatic nitrogens is 5. The van der Waals surface area contributed by atoms with Crippen LogP contribution in [0.1, 0.15) is 41.6 Å². The quantitative estimate of drug-likeness (QED) is 0.102. The van der Waals surface area contributed by atoms with Gasteiger partial charge in [0.1, 0.15) is 0 Å². The summed E-state index contributed by atoms with van der Waals surface area (Å²) in [6.07, 6.45) is 4.98. The van der Waals surface area contributed by atoms with Gasteiger partial charge in [-0.15, -0.1) is 0 Å². The van der Waals surface area contributed by atoms with Crippen LogP contribution in [-0.4, -0.2) is 60.3 Å². The Balaban J connectivity index is 0.000000127. The molecule has 0 radical (unpaired) electrons. The average Bonchev–Trinajstić information content (AvgIpc) is 3.93. The molecule has 0 aliphatic carbocycles. The molecule has 4 aromatic carbocycles. The topological polar surface area (TPSA) is 203 Å². The summed E-state index contributed by atoms with van der Waals surface area (Å²) in [5.74, 6) is -1.46. The molecule has 4 aromatic heterocycles. The van der Waals surface area contributed by atoms with Crippen LogP contribution in [0.2, 0.25) is 0 Å². The van der Waals surface area contributed by atoms with E-state index in [2.05, 4.69) is 30.5 Å². The van der Waals surface area contributed by atoms with E-state index in [9.17, 15) is 19.2 Å². The maximum absolute atomic E-state index is 11.4. The molecule has 49 heavy (non-hydrogen) atoms. The molecule has 0 bridgehead atoms. The van der Waals surface area contributed by atoms with Crippen LogP contribution in [0.25, 0.3) is 43.6 Å². The first-order chi connectivity index (χ1) is 23.7. The number of carbonyl (C=O) groups is 4. The van der Waals surface area contributed by atoms with Crippen LogP contribution in [0.5, 0.6) is 0 Å². The van der Waals surface area contributed by atoms with Crippen molar-refractivity contribution in [3.63, 3.8) is 0 Å². The number of nitrogens with one attached hydrogen (secondary N) is 5. The number of para-hydroxylation sites is 4. The summed E-state index contributed by atoms with van der Waals surface area (Å²) >= 11 is 5.36. The molecule has 0 unspecified atom stereocenters. The highest BCUT2D eigenvalue weighted by Gasteiger charge is 2.11. The van der Waals surface area contributed by atoms with E-state index in [-0.39, 0.29) is 11.6 Å². The number of nitrogens with zero attached hydrogens (tertiary/aromatic N) is 1. The standard InChI is InChI=1S/C10H10N2O.C9H6ClNO.C9H8N2O.C8H6N2O2/c1-11-10(13)8-6-12-9-5-3-2-4-7(8)9;2*10-9(12)7-5-11-8-4-2-1-3-6(7)8;11-8(12)7-5-3-1-2-4-6(5)9-10-7/h2-6,12H,1H3,(H,11,13);1-5,11H;1-5,11H,(H2,10,12);1-4H,(H,9,10)(H,11,12). The predicted molar refractivity (Wildman–Crippen MR) is 190 cm³/mol. The first-order valence-electron chi connectivity index (χ1n) is 14.8. The average molecular weight is 676 g/mol. The third-order valence-electron chi connectivity index (χ3n) is 7.39. The third-order valence-corrected chi connectivity index (χ3v) is 7.59. The molecule has 0 aliphatic heterocycles. The highest BCUT2D eigenvalue weighted by Crippen LogP contribution is 2.20. The Morgan fingerprint density at radius 3 is 1.51 bits per heavy atom. The Kier molecular flexibility index (Phi) is 10.5. The fraction of sp³-hybridized carbons (Fsp3) is 0.0278. The van der Waals surface area contributed by atoms with E-state index in [1.54, 1.807) is 43.8 Å². The lowest BCUT2D eigenvalue weighted by molar-refractivity contribution is 0.0691. The van der Waals surface area contributed by atoms with Crippen molar-refractivity contribution in [2.45, 2.75) is 0 Å². The molecule has 8 aromatic rings. The van der Waals surface area contributed by atoms with Crippen LogP contribution in [-0.2, 0) is 0 Å². The fourth-order valence-corrected chi connectivity index (χ4v) is 5.19. The Labute approximate surface area is 283 Å². The Hall–Kier alpha value is -6.66. The molecule has 0 spiro atoms. The predicted octanol–water partition coefficient (Wildman–Crippen LogP) is 6.60. The number of rotatable bonds is 4. The normalized spacial score (nSPS) is 10.3. The van der Waals surface area contributed by atoms with E-state index in [1.807, 2.05) is 78.9 Å². The number of fused-ring (bicyclic) bond motifs is 4. The number of aromatic amines is 4. The molecule has 0 aliphatic rings. The molecular formula is C36H30ClN7O5. The first kappa shape index (κ1) is 33.7. The number of H-pyrrole nitrogens is 4. The van der Waals surface area contributed by atoms with Crippen LogP contribution < -0.4 is 11.1 Å². The molecule has 0 atom stereocenters. The van der Waals surface area contributed by atoms with Gasteiger partial charge < -0.3 is 31.1 Å². The molecule has 12 nitrogen and oxygen atoms in total. The number of hydrogen-bond acceptors (Lipinski definition) is 5. The summed E-state index contributed by atoms with van der Waals surface area (Å²) < 4.78 is 0. The molecule has 0 saturated carbocycles. The monoisotopic (exact) mass is 675 g/mol. The molecule has 8 N–H and O–H groups in total. The number of primary amides is 1. The van der Waals surface area contributed by atoms with Gasteiger partial charge in [-0.1, -0.05) is 72.8 Å². The van der Waals surface area contributed by atoms with Crippen molar-refractivity contribution in [3.8, 4) is 0 Å². The number of carboxylic acids is 1. The second-order valence-electron chi connectivity index (χ2n) is 10.4. The number of amides is 2. The lowest BCUT2D eigenvalue weighted by Gasteiger charge is -1.95. The maximum Gasteiger partial charge on any atom is 0.357 e. The molecule has 4 heterocycles. The van der Waals surface area contributed by atoms with E-state index in [0.29, 0.717) is 22.1 Å². The van der Waals surface area contributed by atoms with Gasteiger partial charge in [0.2, 0.25) is 0 Å². The van der Waals surface area contributed by atoms with Crippen LogP contribution in [0.3, 0.4) is 0 Å². The zero-order valence-corrected chi connectivity index (χ0v) is 26.7. The van der Waals surface area contributed by atoms with Crippen molar-refractivity contribution in [1.29, 1.82) is 0 Å². The number of hydrogen-bond donors (Lipinski definition) is 7. The van der Waals surface area contributed by atoms with Crippen molar-refractivity contribution >= 4 is 78.2 Å². The van der Waals surface area contributed by atoms with E-state index in [0.717, 1.165) is 38.2 Å². The van der Waals surface area contributed by atoms with Gasteiger partial charge in [-0.05, 0) is 35.9 Å². The van der Waals surface area contributed by atoms with Crippen molar-refractivity contribution in [2.24, 2.45) is 5.73 Å². The molecular weight excluding hydrogens is 646 g/mol. The van der Waals surface area contributed by atoms with Crippen molar-refractivity contribution in [2.75, 3.05) is 7.05 Å². The second-order valence-corrected chi connectivity index (χ2v) is 10.7. The second kappa shape index (κ2) is 15.3. The molecule has 0 saturated heterocycles. The van der Waals surface area contributed by atoms with Crippen LogP contribution >= 0.6 is 11.6 Å². The van der Waals surface area contributed by atoms with Crippen LogP contribution in [0.15, 0.2) is 116 Å². The van der Waals surface area contributed by atoms with E-state index in [1.165, 1.54) is 0 Å². The van der Waals surface area contributed by atoms with Crippen molar-refractivity contribution in [3.05, 3.63) is 138 Å². The van der Waals surface area contributed by atoms with Gasteiger partial charge in [0, 0.05) is 63.7 Å². The van der Waals surface area contributed by atoms with Crippen LogP contribution in [0.4, 0.5) is 0 Å². The number of halogens is 1. The smallest absolute Gasteiger partial charge is 0.357 e. The Morgan fingerprint density at radius 2 is 1.04 bits per heavy atom. The van der Waals surface area contributed by atoms with Gasteiger partial charge in [-0.2, -0.15) is 5.10 Å². The SMILES string of the molecule is CNC(=O)c1c[nH]c2ccccc12.NC(=O)c1c[nH]c2ccccc12.O=C(Cl)c1c[nH]c2ccccc12.O=C(O)c1n[nH]c2ccccc12. The van der Waals surface area contributed by atoms with Gasteiger partial charge in [0.05, 0.1) is 22.2 Å². The molecule has 8 rings (SSSR count). The zero-order chi connectivity index (χ0) is 34.9. The van der Waals surface area contributed by atoms with Crippen LogP contribution in [0, 0.1) is 0 Å². The highest BCUT2D eigenvalue weighted by atomic mass is 35.5. The highest BCUT2D eigenvalue weighted by molar-refractivity contribution is 6.68. The maximum atomic E-state index is 11.4. The van der Waals surface area contributed by atoms with Crippen molar-refractivity contribution in [1.82, 2.24) is 30.5 Å². The zero-order valence-electron chi connectivity index (χ0n) is 26.0. The van der Waals surface area contributed by atoms with Gasteiger partial charge in [0.15, 0.2) is 5.69 Å². The largest absolute Gasteiger partial charge is 0.476 e. The van der Waals surface area contributed by atoms with Gasteiger partial charge in [0.25, 0.3) is 17.1 Å². The third kappa shape index (κ3) is 7.67. The Bertz CT molecular complexity index is 2220. The minimum atomic E-state index is -1.01. The van der Waals surface area contributed by atoms with Gasteiger partial charge >= 0.3 is 5.97 Å². The number of nitrogens with two attached hydrogens (primary N) is 1. The lowest BCUT2D eigenvalue weighted by Crippen LogP contribution is -2.17. The van der Waals surface area contributed by atoms with Gasteiger partial charge in [-0.25, -0.2) is 4.79 Å². The summed E-state index contributed by atoms with van der Waals surface area (Å²) in [5, 5.41) is 20.5. The molecule has 13 heteroatoms. The lowest BCUT2D eigenvalue weighted by atomic mass is 10.2. The van der Waals surface area contributed by atoms with Crippen molar-refractivity contribution < 1.29 is 24.3 Å². The first-order valence-corrected chi connectivity index (χ1v) is 15.1. The summed E-state index contributed by atoms with van der Waals surface area (Å²) in [4.78, 5) is 52.7. The summed E-state index contributed by atoms with van der Waals surface area (Å²) in [7, 11) is 1.63. The molecule has 0 fully saturated rings. The number of carboxylic acid groups (broad SMARTS) is 1.